The largest absolute Gasteiger partial charge is 0.304 e. The fourth-order valence-electron chi connectivity index (χ4n) is 2.35. The summed E-state index contributed by atoms with van der Waals surface area (Å²) in [4.78, 5) is 0. The molecule has 0 heterocycles. The Labute approximate surface area is 130 Å². The number of rotatable bonds is 4. The van der Waals surface area contributed by atoms with E-state index in [4.69, 9.17) is 23.2 Å². The van der Waals surface area contributed by atoms with Gasteiger partial charge >= 0.3 is 0 Å². The van der Waals surface area contributed by atoms with Gasteiger partial charge in [-0.05, 0) is 44.0 Å². The SMILES string of the molecule is Cc1cccc([C@@H](C)NC(C)c2ccc(Cl)cc2Cl)c1. The van der Waals surface area contributed by atoms with Crippen LogP contribution in [0.25, 0.3) is 0 Å². The number of nitrogens with one attached hydrogen (secondary N) is 1. The number of halogens is 2. The molecule has 0 aliphatic rings. The Kier molecular flexibility index (Phi) is 5.09. The van der Waals surface area contributed by atoms with E-state index >= 15 is 0 Å². The van der Waals surface area contributed by atoms with Crippen LogP contribution in [0, 0.1) is 6.92 Å². The Hall–Kier alpha value is -1.02. The number of benzene rings is 2. The third-order valence-corrected chi connectivity index (χ3v) is 4.03. The molecule has 0 spiro atoms. The number of hydrogen-bond donors (Lipinski definition) is 1. The summed E-state index contributed by atoms with van der Waals surface area (Å²) in [5, 5.41) is 4.94. The first-order valence-electron chi connectivity index (χ1n) is 6.75. The van der Waals surface area contributed by atoms with E-state index in [9.17, 15) is 0 Å². The Morgan fingerprint density at radius 1 is 0.950 bits per heavy atom. The van der Waals surface area contributed by atoms with E-state index in [2.05, 4.69) is 50.4 Å². The standard InChI is InChI=1S/C17H19Cl2N/c1-11-5-4-6-14(9-11)12(2)20-13(3)16-8-7-15(18)10-17(16)19/h4-10,12-13,20H,1-3H3/t12-,13?/m1/s1. The van der Waals surface area contributed by atoms with Crippen molar-refractivity contribution in [2.45, 2.75) is 32.9 Å². The molecule has 0 radical (unpaired) electrons. The molecule has 0 saturated heterocycles. The Bertz CT molecular complexity index is 595. The van der Waals surface area contributed by atoms with Crippen LogP contribution in [0.4, 0.5) is 0 Å². The van der Waals surface area contributed by atoms with E-state index in [-0.39, 0.29) is 12.1 Å². The molecule has 0 amide bonds. The zero-order chi connectivity index (χ0) is 14.7. The van der Waals surface area contributed by atoms with Gasteiger partial charge in [0.2, 0.25) is 0 Å². The molecule has 0 bridgehead atoms. The average Bonchev–Trinajstić information content (AvgIpc) is 2.38. The lowest BCUT2D eigenvalue weighted by Crippen LogP contribution is -2.22. The predicted molar refractivity (Wildman–Crippen MR) is 87.6 cm³/mol. The molecule has 2 rings (SSSR count). The van der Waals surface area contributed by atoms with Crippen molar-refractivity contribution in [3.8, 4) is 0 Å². The zero-order valence-corrected chi connectivity index (χ0v) is 13.5. The third kappa shape index (κ3) is 3.76. The predicted octanol–water partition coefficient (Wildman–Crippen LogP) is 5.71. The van der Waals surface area contributed by atoms with Crippen LogP contribution in [0.5, 0.6) is 0 Å². The quantitative estimate of drug-likeness (QED) is 0.762. The molecule has 0 aliphatic carbocycles. The molecule has 0 fully saturated rings. The van der Waals surface area contributed by atoms with Gasteiger partial charge in [-0.1, -0.05) is 59.1 Å². The highest BCUT2D eigenvalue weighted by atomic mass is 35.5. The monoisotopic (exact) mass is 307 g/mol. The molecule has 2 aromatic rings. The lowest BCUT2D eigenvalue weighted by Gasteiger charge is -2.22. The summed E-state index contributed by atoms with van der Waals surface area (Å²) in [6.07, 6.45) is 0. The highest BCUT2D eigenvalue weighted by Crippen LogP contribution is 2.28. The average molecular weight is 308 g/mol. The second-order valence-electron chi connectivity index (χ2n) is 5.19. The minimum atomic E-state index is 0.162. The van der Waals surface area contributed by atoms with Crippen LogP contribution in [-0.2, 0) is 0 Å². The summed E-state index contributed by atoms with van der Waals surface area (Å²) >= 11 is 12.2. The van der Waals surface area contributed by atoms with Crippen LogP contribution in [0.15, 0.2) is 42.5 Å². The van der Waals surface area contributed by atoms with Gasteiger partial charge in [-0.15, -0.1) is 0 Å². The molecular weight excluding hydrogens is 289 g/mol. The summed E-state index contributed by atoms with van der Waals surface area (Å²) in [6.45, 7) is 6.38. The summed E-state index contributed by atoms with van der Waals surface area (Å²) < 4.78 is 0. The van der Waals surface area contributed by atoms with Crippen LogP contribution in [-0.4, -0.2) is 0 Å². The van der Waals surface area contributed by atoms with Crippen LogP contribution in [0.3, 0.4) is 0 Å². The van der Waals surface area contributed by atoms with Gasteiger partial charge in [0, 0.05) is 22.1 Å². The van der Waals surface area contributed by atoms with Crippen molar-refractivity contribution in [3.63, 3.8) is 0 Å². The van der Waals surface area contributed by atoms with Gasteiger partial charge < -0.3 is 5.32 Å². The van der Waals surface area contributed by atoms with Gasteiger partial charge in [0.15, 0.2) is 0 Å². The Balaban J connectivity index is 2.12. The first-order chi connectivity index (χ1) is 9.47. The second-order valence-corrected chi connectivity index (χ2v) is 6.03. The highest BCUT2D eigenvalue weighted by molar-refractivity contribution is 6.35. The molecule has 3 heteroatoms. The molecule has 0 saturated carbocycles. The molecule has 2 aromatic carbocycles. The minimum absolute atomic E-state index is 0.162. The molecule has 2 atom stereocenters. The first-order valence-corrected chi connectivity index (χ1v) is 7.50. The van der Waals surface area contributed by atoms with Gasteiger partial charge in [-0.2, -0.15) is 0 Å². The maximum absolute atomic E-state index is 6.25. The topological polar surface area (TPSA) is 12.0 Å². The van der Waals surface area contributed by atoms with E-state index in [1.54, 1.807) is 6.07 Å². The molecule has 1 nitrogen and oxygen atoms in total. The summed E-state index contributed by atoms with van der Waals surface area (Å²) in [7, 11) is 0. The molecule has 106 valence electrons. The van der Waals surface area contributed by atoms with Crippen molar-refractivity contribution < 1.29 is 0 Å². The molecule has 1 N–H and O–H groups in total. The van der Waals surface area contributed by atoms with Crippen LogP contribution in [0.2, 0.25) is 10.0 Å². The van der Waals surface area contributed by atoms with E-state index in [1.165, 1.54) is 11.1 Å². The molecule has 0 aliphatic heterocycles. The van der Waals surface area contributed by atoms with Gasteiger partial charge in [-0.25, -0.2) is 0 Å². The Morgan fingerprint density at radius 2 is 1.70 bits per heavy atom. The van der Waals surface area contributed by atoms with Crippen molar-refractivity contribution in [3.05, 3.63) is 69.2 Å². The summed E-state index contributed by atoms with van der Waals surface area (Å²) in [5.41, 5.74) is 3.62. The van der Waals surface area contributed by atoms with E-state index < -0.39 is 0 Å². The van der Waals surface area contributed by atoms with Gasteiger partial charge in [0.1, 0.15) is 0 Å². The van der Waals surface area contributed by atoms with Gasteiger partial charge in [0.05, 0.1) is 0 Å². The highest BCUT2D eigenvalue weighted by Gasteiger charge is 2.14. The Morgan fingerprint density at radius 3 is 2.35 bits per heavy atom. The van der Waals surface area contributed by atoms with Crippen LogP contribution >= 0.6 is 23.2 Å². The van der Waals surface area contributed by atoms with Crippen molar-refractivity contribution in [1.82, 2.24) is 5.32 Å². The van der Waals surface area contributed by atoms with Crippen LogP contribution < -0.4 is 5.32 Å². The molecule has 1 unspecified atom stereocenters. The molecule has 0 aromatic heterocycles. The van der Waals surface area contributed by atoms with Crippen molar-refractivity contribution in [2.75, 3.05) is 0 Å². The maximum atomic E-state index is 6.25. The van der Waals surface area contributed by atoms with Crippen molar-refractivity contribution >= 4 is 23.2 Å². The first kappa shape index (κ1) is 15.4. The van der Waals surface area contributed by atoms with Gasteiger partial charge in [0.25, 0.3) is 0 Å². The summed E-state index contributed by atoms with van der Waals surface area (Å²) in [6, 6.07) is 14.6. The summed E-state index contributed by atoms with van der Waals surface area (Å²) in [5.74, 6) is 0. The third-order valence-electron chi connectivity index (χ3n) is 3.47. The number of hydrogen-bond acceptors (Lipinski definition) is 1. The minimum Gasteiger partial charge on any atom is -0.304 e. The molecular formula is C17H19Cl2N. The normalized spacial score (nSPS) is 14.1. The van der Waals surface area contributed by atoms with Crippen molar-refractivity contribution in [2.24, 2.45) is 0 Å². The van der Waals surface area contributed by atoms with E-state index in [1.807, 2.05) is 12.1 Å². The van der Waals surface area contributed by atoms with E-state index in [0.717, 1.165) is 5.56 Å². The van der Waals surface area contributed by atoms with Crippen LogP contribution in [0.1, 0.15) is 42.6 Å². The van der Waals surface area contributed by atoms with Gasteiger partial charge in [-0.3, -0.25) is 0 Å². The molecule has 20 heavy (non-hydrogen) atoms. The van der Waals surface area contributed by atoms with Crippen molar-refractivity contribution in [1.29, 1.82) is 0 Å². The zero-order valence-electron chi connectivity index (χ0n) is 12.0. The fourth-order valence-corrected chi connectivity index (χ4v) is 2.93. The maximum Gasteiger partial charge on any atom is 0.0468 e. The fraction of sp³-hybridized carbons (Fsp3) is 0.294. The number of aryl methyl sites for hydroxylation is 1. The lowest BCUT2D eigenvalue weighted by molar-refractivity contribution is 0.494. The lowest BCUT2D eigenvalue weighted by atomic mass is 10.0. The smallest absolute Gasteiger partial charge is 0.0468 e. The van der Waals surface area contributed by atoms with E-state index in [0.29, 0.717) is 10.0 Å². The second kappa shape index (κ2) is 6.62.